The quantitative estimate of drug-likeness (QED) is 0.300. The summed E-state index contributed by atoms with van der Waals surface area (Å²) in [6.07, 6.45) is 1.59. The fraction of sp³-hybridized carbons (Fsp3) is 0.368. The van der Waals surface area contributed by atoms with Crippen molar-refractivity contribution in [2.24, 2.45) is 19.2 Å². The second-order valence-electron chi connectivity index (χ2n) is 6.42. The number of nitrogens with zero attached hydrogens (tertiary/aromatic N) is 5. The Morgan fingerprint density at radius 2 is 2.03 bits per heavy atom. The first kappa shape index (κ1) is 21.8. The standard InChI is InChI=1S/C19H23BrN6O4/c1-5-30-9-8-26-15-16(24(2)19(28)25(3)17(15)27)22-18(26)23-21-11-12-10-13(20)6-7-14(12)29-4/h6-7,10-11H,5,8-9H2,1-4H3,(H,22,23)/b21-11+. The van der Waals surface area contributed by atoms with E-state index in [1.54, 1.807) is 24.9 Å². The van der Waals surface area contributed by atoms with Crippen LogP contribution < -0.4 is 21.4 Å². The van der Waals surface area contributed by atoms with Crippen LogP contribution in [-0.4, -0.2) is 45.2 Å². The van der Waals surface area contributed by atoms with Crippen LogP contribution in [0, 0.1) is 0 Å². The predicted octanol–water partition coefficient (Wildman–Crippen LogP) is 1.69. The first-order chi connectivity index (χ1) is 14.4. The Bertz CT molecular complexity index is 1210. The summed E-state index contributed by atoms with van der Waals surface area (Å²) in [5, 5.41) is 4.25. The van der Waals surface area contributed by atoms with Gasteiger partial charge in [0.15, 0.2) is 11.2 Å². The summed E-state index contributed by atoms with van der Waals surface area (Å²) < 4.78 is 15.7. The molecular formula is C19H23BrN6O4. The van der Waals surface area contributed by atoms with E-state index in [2.05, 4.69) is 31.4 Å². The Kier molecular flexibility index (Phi) is 6.73. The molecule has 30 heavy (non-hydrogen) atoms. The van der Waals surface area contributed by atoms with Crippen LogP contribution in [0.2, 0.25) is 0 Å². The van der Waals surface area contributed by atoms with Gasteiger partial charge in [0.2, 0.25) is 5.95 Å². The molecule has 0 aliphatic heterocycles. The number of imidazole rings is 1. The van der Waals surface area contributed by atoms with Crippen LogP contribution in [0.25, 0.3) is 11.2 Å². The molecule has 0 unspecified atom stereocenters. The first-order valence-electron chi connectivity index (χ1n) is 9.25. The normalized spacial score (nSPS) is 11.5. The van der Waals surface area contributed by atoms with E-state index in [4.69, 9.17) is 9.47 Å². The fourth-order valence-corrected chi connectivity index (χ4v) is 3.39. The maximum atomic E-state index is 12.7. The van der Waals surface area contributed by atoms with E-state index in [1.807, 2.05) is 25.1 Å². The number of ether oxygens (including phenoxy) is 2. The minimum absolute atomic E-state index is 0.275. The van der Waals surface area contributed by atoms with Gasteiger partial charge in [-0.25, -0.2) is 10.2 Å². The molecule has 0 fully saturated rings. The van der Waals surface area contributed by atoms with E-state index in [0.29, 0.717) is 37.0 Å². The largest absolute Gasteiger partial charge is 0.496 e. The number of nitrogens with one attached hydrogen (secondary N) is 1. The molecule has 1 aromatic carbocycles. The number of hydrogen-bond acceptors (Lipinski definition) is 7. The smallest absolute Gasteiger partial charge is 0.332 e. The van der Waals surface area contributed by atoms with Gasteiger partial charge in [0.1, 0.15) is 5.75 Å². The minimum Gasteiger partial charge on any atom is -0.496 e. The zero-order chi connectivity index (χ0) is 21.8. The highest BCUT2D eigenvalue weighted by molar-refractivity contribution is 9.10. The SMILES string of the molecule is CCOCCn1c(N/N=C/c2cc(Br)ccc2OC)nc2c1c(=O)n(C)c(=O)n2C. The molecule has 10 nitrogen and oxygen atoms in total. The van der Waals surface area contributed by atoms with Crippen LogP contribution in [0.15, 0.2) is 37.4 Å². The molecule has 11 heteroatoms. The van der Waals surface area contributed by atoms with Crippen molar-refractivity contribution in [3.63, 3.8) is 0 Å². The molecule has 0 atom stereocenters. The van der Waals surface area contributed by atoms with E-state index in [1.165, 1.54) is 11.6 Å². The first-order valence-corrected chi connectivity index (χ1v) is 10.0. The molecule has 0 aliphatic carbocycles. The van der Waals surface area contributed by atoms with Gasteiger partial charge in [0.05, 0.1) is 19.9 Å². The van der Waals surface area contributed by atoms with Gasteiger partial charge in [-0.2, -0.15) is 10.1 Å². The molecular weight excluding hydrogens is 456 g/mol. The molecule has 0 saturated carbocycles. The van der Waals surface area contributed by atoms with Gasteiger partial charge in [-0.1, -0.05) is 15.9 Å². The number of hydrogen-bond donors (Lipinski definition) is 1. The van der Waals surface area contributed by atoms with Crippen LogP contribution in [0.1, 0.15) is 12.5 Å². The lowest BCUT2D eigenvalue weighted by molar-refractivity contribution is 0.140. The molecule has 0 saturated heterocycles. The Hall–Kier alpha value is -2.92. The number of fused-ring (bicyclic) bond motifs is 1. The number of anilines is 1. The van der Waals surface area contributed by atoms with Crippen LogP contribution in [0.4, 0.5) is 5.95 Å². The van der Waals surface area contributed by atoms with E-state index >= 15 is 0 Å². The maximum Gasteiger partial charge on any atom is 0.332 e. The summed E-state index contributed by atoms with van der Waals surface area (Å²) in [6.45, 7) is 3.19. The monoisotopic (exact) mass is 478 g/mol. The highest BCUT2D eigenvalue weighted by atomic mass is 79.9. The van der Waals surface area contributed by atoms with Crippen molar-refractivity contribution in [3.8, 4) is 5.75 Å². The van der Waals surface area contributed by atoms with Crippen molar-refractivity contribution in [1.29, 1.82) is 0 Å². The summed E-state index contributed by atoms with van der Waals surface area (Å²) in [5.41, 5.74) is 3.33. The number of rotatable bonds is 8. The number of halogens is 1. The fourth-order valence-electron chi connectivity index (χ4n) is 3.02. The molecule has 0 bridgehead atoms. The van der Waals surface area contributed by atoms with Crippen molar-refractivity contribution < 1.29 is 9.47 Å². The van der Waals surface area contributed by atoms with Crippen LogP contribution in [0.3, 0.4) is 0 Å². The van der Waals surface area contributed by atoms with Gasteiger partial charge in [-0.3, -0.25) is 13.9 Å². The zero-order valence-electron chi connectivity index (χ0n) is 17.2. The highest BCUT2D eigenvalue weighted by Gasteiger charge is 2.18. The van der Waals surface area contributed by atoms with Gasteiger partial charge in [0, 0.05) is 37.3 Å². The van der Waals surface area contributed by atoms with Gasteiger partial charge < -0.3 is 14.0 Å². The van der Waals surface area contributed by atoms with E-state index in [-0.39, 0.29) is 5.65 Å². The number of hydrazone groups is 1. The molecule has 0 amide bonds. The van der Waals surface area contributed by atoms with Crippen LogP contribution in [0.5, 0.6) is 5.75 Å². The Morgan fingerprint density at radius 1 is 1.27 bits per heavy atom. The van der Waals surface area contributed by atoms with Crippen molar-refractivity contribution in [1.82, 2.24) is 18.7 Å². The molecule has 2 heterocycles. The summed E-state index contributed by atoms with van der Waals surface area (Å²) in [5.74, 6) is 0.984. The summed E-state index contributed by atoms with van der Waals surface area (Å²) in [7, 11) is 4.59. The second kappa shape index (κ2) is 9.26. The molecule has 3 rings (SSSR count). The van der Waals surface area contributed by atoms with Crippen LogP contribution >= 0.6 is 15.9 Å². The van der Waals surface area contributed by atoms with Crippen molar-refractivity contribution in [3.05, 3.63) is 49.1 Å². The van der Waals surface area contributed by atoms with Gasteiger partial charge in [-0.15, -0.1) is 0 Å². The number of methoxy groups -OCH3 is 1. The third-order valence-electron chi connectivity index (χ3n) is 4.57. The lowest BCUT2D eigenvalue weighted by atomic mass is 10.2. The van der Waals surface area contributed by atoms with E-state index < -0.39 is 11.2 Å². The molecule has 0 aliphatic rings. The van der Waals surface area contributed by atoms with Gasteiger partial charge in [0.25, 0.3) is 5.56 Å². The predicted molar refractivity (Wildman–Crippen MR) is 119 cm³/mol. The van der Waals surface area contributed by atoms with Gasteiger partial charge >= 0.3 is 5.69 Å². The summed E-state index contributed by atoms with van der Waals surface area (Å²) >= 11 is 3.42. The molecule has 0 spiro atoms. The van der Waals surface area contributed by atoms with E-state index in [0.717, 1.165) is 14.6 Å². The number of aromatic nitrogens is 4. The third-order valence-corrected chi connectivity index (χ3v) is 5.06. The molecule has 1 N–H and O–H groups in total. The second-order valence-corrected chi connectivity index (χ2v) is 7.33. The van der Waals surface area contributed by atoms with Crippen LogP contribution in [-0.2, 0) is 25.4 Å². The Balaban J connectivity index is 2.04. The minimum atomic E-state index is -0.448. The number of aryl methyl sites for hydroxylation is 1. The zero-order valence-corrected chi connectivity index (χ0v) is 18.8. The maximum absolute atomic E-state index is 12.7. The number of benzene rings is 1. The highest BCUT2D eigenvalue weighted by Crippen LogP contribution is 2.21. The molecule has 3 aromatic rings. The van der Waals surface area contributed by atoms with Gasteiger partial charge in [-0.05, 0) is 25.1 Å². The molecule has 0 radical (unpaired) electrons. The third kappa shape index (κ3) is 4.17. The average Bonchev–Trinajstić information content (AvgIpc) is 3.09. The Morgan fingerprint density at radius 3 is 2.73 bits per heavy atom. The van der Waals surface area contributed by atoms with E-state index in [9.17, 15) is 9.59 Å². The Labute approximate surface area is 180 Å². The average molecular weight is 479 g/mol. The van der Waals surface area contributed by atoms with Crippen molar-refractivity contribution >= 4 is 39.3 Å². The molecule has 160 valence electrons. The lowest BCUT2D eigenvalue weighted by Crippen LogP contribution is -2.37. The summed E-state index contributed by atoms with van der Waals surface area (Å²) in [6, 6.07) is 5.55. The molecule has 2 aromatic heterocycles. The lowest BCUT2D eigenvalue weighted by Gasteiger charge is -2.09. The van der Waals surface area contributed by atoms with Crippen molar-refractivity contribution in [2.75, 3.05) is 25.7 Å². The topological polar surface area (TPSA) is 105 Å². The summed E-state index contributed by atoms with van der Waals surface area (Å²) in [4.78, 5) is 29.5. The van der Waals surface area contributed by atoms with Crippen molar-refractivity contribution in [2.45, 2.75) is 13.5 Å².